The molecule has 2 aromatic rings. The summed E-state index contributed by atoms with van der Waals surface area (Å²) in [7, 11) is 3.81. The Hall–Kier alpha value is -1.81. The third kappa shape index (κ3) is 3.85. The number of halogens is 3. The van der Waals surface area contributed by atoms with Crippen LogP contribution >= 0.6 is 11.6 Å². The normalized spacial score (nSPS) is 10.8. The Morgan fingerprint density at radius 3 is 2.52 bits per heavy atom. The molecule has 112 valence electrons. The number of hydrogen-bond donors (Lipinski definition) is 1. The molecular formula is C16H17ClF2N2. The Morgan fingerprint density at radius 1 is 1.14 bits per heavy atom. The Balaban J connectivity index is 2.17. The summed E-state index contributed by atoms with van der Waals surface area (Å²) in [4.78, 5) is 1.92. The SMILES string of the molecule is CN(C)c1c(Cl)cccc1NCc1cccc(C(F)F)c1. The van der Waals surface area contributed by atoms with Gasteiger partial charge in [0.15, 0.2) is 0 Å². The zero-order valence-corrected chi connectivity index (χ0v) is 12.7. The van der Waals surface area contributed by atoms with Gasteiger partial charge >= 0.3 is 0 Å². The van der Waals surface area contributed by atoms with Gasteiger partial charge in [-0.1, -0.05) is 35.9 Å². The first-order valence-electron chi connectivity index (χ1n) is 6.55. The predicted molar refractivity (Wildman–Crippen MR) is 84.5 cm³/mol. The van der Waals surface area contributed by atoms with Crippen LogP contribution in [0.2, 0.25) is 5.02 Å². The van der Waals surface area contributed by atoms with Crippen molar-refractivity contribution in [3.8, 4) is 0 Å². The molecule has 0 unspecified atom stereocenters. The zero-order valence-electron chi connectivity index (χ0n) is 11.9. The van der Waals surface area contributed by atoms with E-state index in [1.54, 1.807) is 6.07 Å². The van der Waals surface area contributed by atoms with Crippen LogP contribution in [0.3, 0.4) is 0 Å². The van der Waals surface area contributed by atoms with Gasteiger partial charge in [0.2, 0.25) is 0 Å². The Bertz CT molecular complexity index is 615. The molecule has 0 radical (unpaired) electrons. The number of rotatable bonds is 5. The largest absolute Gasteiger partial charge is 0.379 e. The number of nitrogens with one attached hydrogen (secondary N) is 1. The van der Waals surface area contributed by atoms with E-state index in [-0.39, 0.29) is 5.56 Å². The van der Waals surface area contributed by atoms with Crippen molar-refractivity contribution >= 4 is 23.0 Å². The van der Waals surface area contributed by atoms with Gasteiger partial charge in [0, 0.05) is 26.2 Å². The van der Waals surface area contributed by atoms with Crippen molar-refractivity contribution in [3.63, 3.8) is 0 Å². The maximum atomic E-state index is 12.7. The summed E-state index contributed by atoms with van der Waals surface area (Å²) < 4.78 is 25.4. The lowest BCUT2D eigenvalue weighted by Crippen LogP contribution is -2.12. The number of nitrogens with zero attached hydrogens (tertiary/aromatic N) is 1. The topological polar surface area (TPSA) is 15.3 Å². The molecule has 21 heavy (non-hydrogen) atoms. The summed E-state index contributed by atoms with van der Waals surface area (Å²) >= 11 is 6.19. The molecule has 0 spiro atoms. The Kier molecular flexibility index (Phi) is 5.02. The van der Waals surface area contributed by atoms with Crippen LogP contribution < -0.4 is 10.2 Å². The molecule has 1 N–H and O–H groups in total. The van der Waals surface area contributed by atoms with E-state index in [1.807, 2.05) is 43.3 Å². The summed E-state index contributed by atoms with van der Waals surface area (Å²) in [5.74, 6) is 0. The van der Waals surface area contributed by atoms with Crippen LogP contribution in [-0.4, -0.2) is 14.1 Å². The highest BCUT2D eigenvalue weighted by atomic mass is 35.5. The maximum absolute atomic E-state index is 12.7. The Labute approximate surface area is 128 Å². The lowest BCUT2D eigenvalue weighted by atomic mass is 10.1. The second-order valence-corrected chi connectivity index (χ2v) is 5.34. The third-order valence-electron chi connectivity index (χ3n) is 3.12. The smallest absolute Gasteiger partial charge is 0.263 e. The van der Waals surface area contributed by atoms with Crippen LogP contribution in [0, 0.1) is 0 Å². The molecule has 0 amide bonds. The van der Waals surface area contributed by atoms with E-state index in [4.69, 9.17) is 11.6 Å². The second kappa shape index (κ2) is 6.76. The number of benzene rings is 2. The average molecular weight is 311 g/mol. The van der Waals surface area contributed by atoms with Crippen molar-refractivity contribution in [2.24, 2.45) is 0 Å². The van der Waals surface area contributed by atoms with E-state index in [9.17, 15) is 8.78 Å². The number of para-hydroxylation sites is 1. The summed E-state index contributed by atoms with van der Waals surface area (Å²) in [6, 6.07) is 12.0. The molecule has 0 saturated heterocycles. The molecule has 0 saturated carbocycles. The zero-order chi connectivity index (χ0) is 15.4. The van der Waals surface area contributed by atoms with Gasteiger partial charge < -0.3 is 10.2 Å². The summed E-state index contributed by atoms with van der Waals surface area (Å²) in [6.07, 6.45) is -2.45. The first kappa shape index (κ1) is 15.6. The number of hydrogen-bond acceptors (Lipinski definition) is 2. The van der Waals surface area contributed by atoms with Crippen LogP contribution in [0.15, 0.2) is 42.5 Å². The van der Waals surface area contributed by atoms with Gasteiger partial charge in [0.1, 0.15) is 0 Å². The van der Waals surface area contributed by atoms with E-state index in [0.717, 1.165) is 16.9 Å². The highest BCUT2D eigenvalue weighted by molar-refractivity contribution is 6.34. The lowest BCUT2D eigenvalue weighted by molar-refractivity contribution is 0.151. The van der Waals surface area contributed by atoms with Crippen molar-refractivity contribution in [2.45, 2.75) is 13.0 Å². The number of alkyl halides is 2. The van der Waals surface area contributed by atoms with Crippen molar-refractivity contribution in [3.05, 3.63) is 58.6 Å². The molecule has 0 bridgehead atoms. The van der Waals surface area contributed by atoms with Crippen LogP contribution in [0.5, 0.6) is 0 Å². The van der Waals surface area contributed by atoms with E-state index in [0.29, 0.717) is 11.6 Å². The average Bonchev–Trinajstić information content (AvgIpc) is 2.45. The maximum Gasteiger partial charge on any atom is 0.263 e. The van der Waals surface area contributed by atoms with E-state index in [2.05, 4.69) is 5.32 Å². The van der Waals surface area contributed by atoms with Gasteiger partial charge in [-0.2, -0.15) is 0 Å². The van der Waals surface area contributed by atoms with Crippen LogP contribution in [-0.2, 0) is 6.54 Å². The molecule has 2 nitrogen and oxygen atoms in total. The third-order valence-corrected chi connectivity index (χ3v) is 3.42. The van der Waals surface area contributed by atoms with Gasteiger partial charge in [0.05, 0.1) is 16.4 Å². The fourth-order valence-electron chi connectivity index (χ4n) is 2.15. The molecule has 5 heteroatoms. The minimum absolute atomic E-state index is 0.0354. The minimum Gasteiger partial charge on any atom is -0.379 e. The molecule has 2 rings (SSSR count). The quantitative estimate of drug-likeness (QED) is 0.840. The lowest BCUT2D eigenvalue weighted by Gasteiger charge is -2.20. The standard InChI is InChI=1S/C16H17ClF2N2/c1-21(2)15-13(17)7-4-8-14(15)20-10-11-5-3-6-12(9-11)16(18)19/h3-9,16,20H,10H2,1-2H3. The highest BCUT2D eigenvalue weighted by Crippen LogP contribution is 2.32. The van der Waals surface area contributed by atoms with Gasteiger partial charge in [-0.15, -0.1) is 0 Å². The molecular weight excluding hydrogens is 294 g/mol. The molecule has 0 aromatic heterocycles. The van der Waals surface area contributed by atoms with Crippen molar-refractivity contribution in [2.75, 3.05) is 24.3 Å². The van der Waals surface area contributed by atoms with Crippen LogP contribution in [0.1, 0.15) is 17.6 Å². The molecule has 0 fully saturated rings. The summed E-state index contributed by atoms with van der Waals surface area (Å²) in [5, 5.41) is 3.89. The van der Waals surface area contributed by atoms with Gasteiger partial charge in [0.25, 0.3) is 6.43 Å². The first-order valence-corrected chi connectivity index (χ1v) is 6.93. The first-order chi connectivity index (χ1) is 9.99. The van der Waals surface area contributed by atoms with Gasteiger partial charge in [-0.25, -0.2) is 8.78 Å². The fourth-order valence-corrected chi connectivity index (χ4v) is 2.49. The van der Waals surface area contributed by atoms with Crippen molar-refractivity contribution in [1.82, 2.24) is 0 Å². The molecule has 0 heterocycles. The summed E-state index contributed by atoms with van der Waals surface area (Å²) in [5.41, 5.74) is 2.59. The highest BCUT2D eigenvalue weighted by Gasteiger charge is 2.10. The van der Waals surface area contributed by atoms with Crippen LogP contribution in [0.25, 0.3) is 0 Å². The fraction of sp³-hybridized carbons (Fsp3) is 0.250. The summed E-state index contributed by atoms with van der Waals surface area (Å²) in [6.45, 7) is 0.460. The molecule has 0 aliphatic heterocycles. The molecule has 0 aliphatic rings. The minimum atomic E-state index is -2.45. The van der Waals surface area contributed by atoms with Crippen molar-refractivity contribution < 1.29 is 8.78 Å². The molecule has 0 atom stereocenters. The van der Waals surface area contributed by atoms with Crippen molar-refractivity contribution in [1.29, 1.82) is 0 Å². The van der Waals surface area contributed by atoms with E-state index < -0.39 is 6.43 Å². The van der Waals surface area contributed by atoms with Crippen LogP contribution in [0.4, 0.5) is 20.2 Å². The molecule has 2 aromatic carbocycles. The monoisotopic (exact) mass is 310 g/mol. The number of anilines is 2. The van der Waals surface area contributed by atoms with Gasteiger partial charge in [-0.05, 0) is 23.8 Å². The van der Waals surface area contributed by atoms with Gasteiger partial charge in [-0.3, -0.25) is 0 Å². The van der Waals surface area contributed by atoms with E-state index >= 15 is 0 Å². The van der Waals surface area contributed by atoms with E-state index in [1.165, 1.54) is 12.1 Å². The molecule has 0 aliphatic carbocycles. The second-order valence-electron chi connectivity index (χ2n) is 4.93. The Morgan fingerprint density at radius 2 is 1.86 bits per heavy atom. The predicted octanol–water partition coefficient (Wildman–Crippen LogP) is 4.96.